The Balaban J connectivity index is 3.02. The lowest BCUT2D eigenvalue weighted by Crippen LogP contribution is -2.24. The van der Waals surface area contributed by atoms with E-state index < -0.39 is 11.7 Å². The van der Waals surface area contributed by atoms with Crippen LogP contribution in [-0.4, -0.2) is 24.8 Å². The van der Waals surface area contributed by atoms with Gasteiger partial charge in [-0.25, -0.2) is 4.39 Å². The third-order valence-corrected chi connectivity index (χ3v) is 1.58. The van der Waals surface area contributed by atoms with Crippen molar-refractivity contribution in [2.24, 2.45) is 0 Å². The molecule has 0 fully saturated rings. The highest BCUT2D eigenvalue weighted by Crippen LogP contribution is 2.07. The average Bonchev–Trinajstić information content (AvgIpc) is 2.16. The maximum Gasteiger partial charge on any atom is 0.339 e. The van der Waals surface area contributed by atoms with Crippen LogP contribution >= 0.6 is 0 Å². The molecule has 0 atom stereocenters. The molecule has 0 aromatic heterocycles. The Morgan fingerprint density at radius 3 is 2.69 bits per heavy atom. The van der Waals surface area contributed by atoms with E-state index in [0.717, 1.165) is 5.06 Å². The summed E-state index contributed by atoms with van der Waals surface area (Å²) in [6.45, 7) is 3.04. The van der Waals surface area contributed by atoms with Crippen molar-refractivity contribution in [3.8, 4) is 0 Å². The molecule has 0 heterocycles. The molecule has 4 heteroatoms. The van der Waals surface area contributed by atoms with Crippen LogP contribution in [0.4, 0.5) is 4.39 Å². The molecule has 13 heavy (non-hydrogen) atoms. The predicted molar refractivity (Wildman–Crippen MR) is 45.6 cm³/mol. The Kier molecular flexibility index (Phi) is 2.74. The van der Waals surface area contributed by atoms with E-state index in [1.807, 2.05) is 0 Å². The summed E-state index contributed by atoms with van der Waals surface area (Å²) in [4.78, 5) is 11.3. The zero-order chi connectivity index (χ0) is 9.84. The predicted octanol–water partition coefficient (Wildman–Crippen LogP) is 1.18. The number of carbonyl (C=O) groups excluding carboxylic acids is 2. The first-order valence-corrected chi connectivity index (χ1v) is 3.61. The molecule has 1 aromatic carbocycles. The average molecular weight is 182 g/mol. The molecule has 0 aliphatic heterocycles. The van der Waals surface area contributed by atoms with E-state index in [9.17, 15) is 9.18 Å². The van der Waals surface area contributed by atoms with Crippen molar-refractivity contribution < 1.29 is 13.7 Å². The van der Waals surface area contributed by atoms with E-state index in [4.69, 9.17) is 0 Å². The molecule has 1 amide bonds. The normalized spacial score (nSPS) is 9.38. The minimum Gasteiger partial charge on any atom is -0.260 e. The van der Waals surface area contributed by atoms with Gasteiger partial charge in [-0.2, -0.15) is 0 Å². The molecule has 0 saturated heterocycles. The van der Waals surface area contributed by atoms with E-state index in [1.54, 1.807) is 6.07 Å². The SMILES string of the molecule is C=[O+]N(C)C(=O)c1ccccc1F. The van der Waals surface area contributed by atoms with E-state index in [2.05, 4.69) is 11.3 Å². The molecule has 0 saturated carbocycles. The van der Waals surface area contributed by atoms with Crippen molar-refractivity contribution in [2.75, 3.05) is 7.05 Å². The molecule has 0 bridgehead atoms. The van der Waals surface area contributed by atoms with E-state index in [1.165, 1.54) is 25.2 Å². The molecule has 1 aromatic rings. The molecule has 68 valence electrons. The smallest absolute Gasteiger partial charge is 0.260 e. The summed E-state index contributed by atoms with van der Waals surface area (Å²) in [6.07, 6.45) is 0. The summed E-state index contributed by atoms with van der Waals surface area (Å²) in [5.74, 6) is -1.13. The van der Waals surface area contributed by atoms with Crippen molar-refractivity contribution in [1.82, 2.24) is 5.06 Å². The fraction of sp³-hybridized carbons (Fsp3) is 0.111. The summed E-state index contributed by atoms with van der Waals surface area (Å²) >= 11 is 0. The highest BCUT2D eigenvalue weighted by Gasteiger charge is 2.20. The van der Waals surface area contributed by atoms with Gasteiger partial charge in [0.05, 0.1) is 12.6 Å². The summed E-state index contributed by atoms with van der Waals surface area (Å²) < 4.78 is 17.4. The number of nitrogens with zero attached hydrogens (tertiary/aromatic N) is 1. The Bertz CT molecular complexity index is 338. The zero-order valence-electron chi connectivity index (χ0n) is 7.16. The number of rotatable bonds is 2. The number of carbonyl (C=O) groups is 1. The lowest BCUT2D eigenvalue weighted by Gasteiger charge is -2.00. The second kappa shape index (κ2) is 3.80. The number of benzene rings is 1. The number of halogens is 1. The van der Waals surface area contributed by atoms with E-state index >= 15 is 0 Å². The van der Waals surface area contributed by atoms with E-state index in [-0.39, 0.29) is 5.56 Å². The maximum absolute atomic E-state index is 13.0. The Morgan fingerprint density at radius 1 is 1.54 bits per heavy atom. The van der Waals surface area contributed by atoms with Gasteiger partial charge in [-0.1, -0.05) is 12.1 Å². The molecular formula is C9H9FNO2+. The van der Waals surface area contributed by atoms with Gasteiger partial charge in [-0.05, 0) is 12.1 Å². The summed E-state index contributed by atoms with van der Waals surface area (Å²) in [6, 6.07) is 5.68. The second-order valence-corrected chi connectivity index (χ2v) is 2.41. The fourth-order valence-electron chi connectivity index (χ4n) is 0.863. The van der Waals surface area contributed by atoms with Crippen LogP contribution in [0.2, 0.25) is 0 Å². The fourth-order valence-corrected chi connectivity index (χ4v) is 0.863. The van der Waals surface area contributed by atoms with Crippen LogP contribution in [0.15, 0.2) is 24.3 Å². The minimum atomic E-state index is -0.573. The molecule has 3 nitrogen and oxygen atoms in total. The van der Waals surface area contributed by atoms with Crippen molar-refractivity contribution in [2.45, 2.75) is 0 Å². The van der Waals surface area contributed by atoms with Gasteiger partial charge in [-0.15, -0.1) is 4.53 Å². The first kappa shape index (κ1) is 9.38. The third-order valence-electron chi connectivity index (χ3n) is 1.58. The number of hydrogen-bond acceptors (Lipinski definition) is 1. The van der Waals surface area contributed by atoms with Crippen LogP contribution in [0.25, 0.3) is 0 Å². The third kappa shape index (κ3) is 1.90. The molecule has 0 unspecified atom stereocenters. The monoisotopic (exact) mass is 182 g/mol. The summed E-state index contributed by atoms with van der Waals surface area (Å²) in [5, 5.41) is 0.860. The Morgan fingerprint density at radius 2 is 2.15 bits per heavy atom. The summed E-state index contributed by atoms with van der Waals surface area (Å²) in [7, 11) is 1.36. The Hall–Kier alpha value is -1.71. The van der Waals surface area contributed by atoms with Crippen LogP contribution in [0.5, 0.6) is 0 Å². The molecular weight excluding hydrogens is 173 g/mol. The molecule has 0 N–H and O–H groups in total. The lowest BCUT2D eigenvalue weighted by atomic mass is 10.2. The van der Waals surface area contributed by atoms with Gasteiger partial charge in [0, 0.05) is 5.06 Å². The summed E-state index contributed by atoms with van der Waals surface area (Å²) in [5.41, 5.74) is -0.0337. The quantitative estimate of drug-likeness (QED) is 0.499. The van der Waals surface area contributed by atoms with Crippen molar-refractivity contribution >= 4 is 12.7 Å². The molecule has 0 radical (unpaired) electrons. The van der Waals surface area contributed by atoms with Gasteiger partial charge in [-0.3, -0.25) is 4.79 Å². The van der Waals surface area contributed by atoms with Gasteiger partial charge in [0.25, 0.3) is 0 Å². The van der Waals surface area contributed by atoms with Gasteiger partial charge in [0.2, 0.25) is 0 Å². The van der Waals surface area contributed by atoms with Gasteiger partial charge >= 0.3 is 12.7 Å². The molecule has 1 rings (SSSR count). The van der Waals surface area contributed by atoms with Crippen LogP contribution in [0, 0.1) is 5.82 Å². The first-order chi connectivity index (χ1) is 6.16. The maximum atomic E-state index is 13.0. The van der Waals surface area contributed by atoms with Crippen molar-refractivity contribution in [3.63, 3.8) is 0 Å². The van der Waals surface area contributed by atoms with Crippen molar-refractivity contribution in [3.05, 3.63) is 35.6 Å². The molecule has 0 aliphatic rings. The highest BCUT2D eigenvalue weighted by atomic mass is 19.1. The largest absolute Gasteiger partial charge is 0.339 e. The standard InChI is InChI=1S/C9H9FNO2/c1-11(13-2)9(12)7-5-3-4-6-8(7)10/h3-6H,2H2,1H3/q+1. The zero-order valence-corrected chi connectivity index (χ0v) is 7.16. The van der Waals surface area contributed by atoms with Gasteiger partial charge in [0.15, 0.2) is 0 Å². The number of hydrogen-bond donors (Lipinski definition) is 0. The van der Waals surface area contributed by atoms with Gasteiger partial charge < -0.3 is 0 Å². The van der Waals surface area contributed by atoms with E-state index in [0.29, 0.717) is 0 Å². The molecule has 0 aliphatic carbocycles. The van der Waals surface area contributed by atoms with Crippen LogP contribution in [-0.2, 0) is 4.53 Å². The lowest BCUT2D eigenvalue weighted by molar-refractivity contribution is -0.605. The van der Waals surface area contributed by atoms with Gasteiger partial charge in [0.1, 0.15) is 5.82 Å². The number of hydroxylamine groups is 2. The Labute approximate surface area is 75.0 Å². The topological polar surface area (TPSA) is 31.6 Å². The minimum absolute atomic E-state index is 0.0337. The van der Waals surface area contributed by atoms with Crippen LogP contribution in [0.1, 0.15) is 10.4 Å². The van der Waals surface area contributed by atoms with Crippen LogP contribution < -0.4 is 0 Å². The molecule has 0 spiro atoms. The highest BCUT2D eigenvalue weighted by molar-refractivity contribution is 5.93. The second-order valence-electron chi connectivity index (χ2n) is 2.41. The van der Waals surface area contributed by atoms with Crippen LogP contribution in [0.3, 0.4) is 0 Å². The number of amides is 1. The first-order valence-electron chi connectivity index (χ1n) is 3.61. The van der Waals surface area contributed by atoms with Crippen molar-refractivity contribution in [1.29, 1.82) is 0 Å².